The largest absolute Gasteiger partial charge is 0.357 e. The Kier molecular flexibility index (Phi) is 4.09. The number of aromatic nitrogens is 5. The van der Waals surface area contributed by atoms with Gasteiger partial charge in [-0.05, 0) is 44.6 Å². The fourth-order valence-electron chi connectivity index (χ4n) is 4.28. The summed E-state index contributed by atoms with van der Waals surface area (Å²) < 4.78 is 3.55. The number of benzene rings is 1. The minimum absolute atomic E-state index is 0.190. The number of nitrogens with one attached hydrogen (secondary N) is 2. The highest BCUT2D eigenvalue weighted by molar-refractivity contribution is 6.05. The van der Waals surface area contributed by atoms with Gasteiger partial charge in [0.15, 0.2) is 11.0 Å². The van der Waals surface area contributed by atoms with E-state index < -0.39 is 0 Å². The minimum Gasteiger partial charge on any atom is -0.357 e. The number of aromatic amines is 1. The van der Waals surface area contributed by atoms with Crippen LogP contribution in [0.5, 0.6) is 0 Å². The van der Waals surface area contributed by atoms with Crippen molar-refractivity contribution in [2.75, 3.05) is 18.9 Å². The van der Waals surface area contributed by atoms with Gasteiger partial charge in [0.25, 0.3) is 5.91 Å². The molecule has 1 aliphatic heterocycles. The maximum absolute atomic E-state index is 12.8. The highest BCUT2D eigenvalue weighted by Crippen LogP contribution is 2.32. The third-order valence-electron chi connectivity index (χ3n) is 5.85. The van der Waals surface area contributed by atoms with Crippen LogP contribution in [0, 0.1) is 0 Å². The predicted molar refractivity (Wildman–Crippen MR) is 111 cm³/mol. The van der Waals surface area contributed by atoms with Gasteiger partial charge in [0, 0.05) is 41.0 Å². The lowest BCUT2D eigenvalue weighted by molar-refractivity contribution is -0.708. The van der Waals surface area contributed by atoms with Crippen LogP contribution in [-0.4, -0.2) is 44.3 Å². The van der Waals surface area contributed by atoms with E-state index in [2.05, 4.69) is 38.5 Å². The summed E-state index contributed by atoms with van der Waals surface area (Å²) in [7, 11) is 5.91. The molecule has 0 radical (unpaired) electrons. The first-order valence-corrected chi connectivity index (χ1v) is 9.83. The van der Waals surface area contributed by atoms with Gasteiger partial charge in [0.1, 0.15) is 19.9 Å². The van der Waals surface area contributed by atoms with Crippen molar-refractivity contribution in [3.63, 3.8) is 0 Å². The fraction of sp³-hybridized carbons (Fsp3) is 0.333. The Bertz CT molecular complexity index is 1240. The third-order valence-corrected chi connectivity index (χ3v) is 5.85. The molecule has 5 rings (SSSR count). The Hall–Kier alpha value is -3.26. The second-order valence-electron chi connectivity index (χ2n) is 7.81. The van der Waals surface area contributed by atoms with Gasteiger partial charge in [0.05, 0.1) is 10.7 Å². The quantitative estimate of drug-likeness (QED) is 0.526. The van der Waals surface area contributed by atoms with Crippen LogP contribution in [0.25, 0.3) is 21.9 Å². The number of H-pyrrole nitrogens is 1. The molecule has 4 heterocycles. The van der Waals surface area contributed by atoms with Gasteiger partial charge < -0.3 is 10.3 Å². The van der Waals surface area contributed by atoms with Crippen LogP contribution in [0.2, 0.25) is 0 Å². The first kappa shape index (κ1) is 17.8. The topological polar surface area (TPSA) is 82.7 Å². The number of rotatable bonds is 3. The Labute approximate surface area is 168 Å². The van der Waals surface area contributed by atoms with Crippen molar-refractivity contribution < 1.29 is 9.48 Å². The molecule has 0 aliphatic carbocycles. The maximum Gasteiger partial charge on any atom is 0.256 e. The number of hydrogen-bond donors (Lipinski definition) is 2. The average Bonchev–Trinajstić information content (AvgIpc) is 3.38. The van der Waals surface area contributed by atoms with Gasteiger partial charge in [-0.3, -0.25) is 9.69 Å². The summed E-state index contributed by atoms with van der Waals surface area (Å²) in [6.07, 6.45) is 4.19. The summed E-state index contributed by atoms with van der Waals surface area (Å²) in [5.74, 6) is 0.344. The molecule has 8 heteroatoms. The summed E-state index contributed by atoms with van der Waals surface area (Å²) in [6.45, 7) is 1.12. The molecule has 2 N–H and O–H groups in total. The predicted octanol–water partition coefficient (Wildman–Crippen LogP) is 2.29. The molecule has 1 amide bonds. The number of aryl methyl sites for hydroxylation is 2. The van der Waals surface area contributed by atoms with E-state index >= 15 is 0 Å². The molecule has 0 bridgehead atoms. The number of fused-ring (bicyclic) bond motifs is 2. The number of amides is 1. The summed E-state index contributed by atoms with van der Waals surface area (Å²) in [5.41, 5.74) is 4.64. The number of carbonyl (C=O) groups excluding carboxylic acids is 1. The zero-order valence-corrected chi connectivity index (χ0v) is 16.8. The number of pyridine rings is 1. The monoisotopic (exact) mass is 390 g/mol. The Morgan fingerprint density at radius 1 is 1.28 bits per heavy atom. The molecular formula is C21H24N7O+. The third kappa shape index (κ3) is 3.05. The molecule has 1 fully saturated rings. The van der Waals surface area contributed by atoms with Gasteiger partial charge in [0.2, 0.25) is 0 Å². The summed E-state index contributed by atoms with van der Waals surface area (Å²) in [5, 5.41) is 8.30. The molecule has 0 saturated carbocycles. The van der Waals surface area contributed by atoms with Gasteiger partial charge in [-0.1, -0.05) is 0 Å². The molecule has 1 aromatic carbocycles. The zero-order valence-electron chi connectivity index (χ0n) is 16.8. The summed E-state index contributed by atoms with van der Waals surface area (Å²) >= 11 is 0. The molecule has 148 valence electrons. The van der Waals surface area contributed by atoms with E-state index in [9.17, 15) is 4.79 Å². The Morgan fingerprint density at radius 3 is 2.93 bits per heavy atom. The Morgan fingerprint density at radius 2 is 2.14 bits per heavy atom. The van der Waals surface area contributed by atoms with Gasteiger partial charge in [-0.15, -0.1) is 9.36 Å². The van der Waals surface area contributed by atoms with Crippen molar-refractivity contribution >= 4 is 33.7 Å². The van der Waals surface area contributed by atoms with E-state index in [4.69, 9.17) is 0 Å². The van der Waals surface area contributed by atoms with Crippen LogP contribution in [0.4, 0.5) is 5.82 Å². The number of carbonyl (C=O) groups is 1. The number of hydrogen-bond acceptors (Lipinski definition) is 4. The normalized spacial score (nSPS) is 17.4. The minimum atomic E-state index is -0.190. The van der Waals surface area contributed by atoms with Crippen molar-refractivity contribution in [2.24, 2.45) is 14.1 Å². The van der Waals surface area contributed by atoms with E-state index in [0.29, 0.717) is 17.4 Å². The van der Waals surface area contributed by atoms with E-state index in [1.807, 2.05) is 38.5 Å². The molecular weight excluding hydrogens is 366 g/mol. The van der Waals surface area contributed by atoms with Crippen LogP contribution in [-0.2, 0) is 14.1 Å². The molecule has 8 nitrogen and oxygen atoms in total. The molecule has 1 aliphatic rings. The molecule has 29 heavy (non-hydrogen) atoms. The Balaban J connectivity index is 1.41. The van der Waals surface area contributed by atoms with Crippen LogP contribution < -0.4 is 10.00 Å². The average molecular weight is 390 g/mol. The lowest BCUT2D eigenvalue weighted by Gasteiger charge is -2.17. The molecule has 4 aromatic rings. The molecule has 0 spiro atoms. The summed E-state index contributed by atoms with van der Waals surface area (Å²) in [6, 6.07) is 10.0. The molecule has 1 atom stereocenters. The second kappa shape index (κ2) is 6.66. The molecule has 1 saturated heterocycles. The van der Waals surface area contributed by atoms with Crippen LogP contribution in [0.1, 0.15) is 34.9 Å². The van der Waals surface area contributed by atoms with E-state index in [0.717, 1.165) is 34.9 Å². The van der Waals surface area contributed by atoms with Gasteiger partial charge in [-0.25, -0.2) is 4.98 Å². The van der Waals surface area contributed by atoms with Crippen molar-refractivity contribution in [3.05, 3.63) is 47.8 Å². The molecule has 3 aromatic heterocycles. The molecule has 0 unspecified atom stereocenters. The highest BCUT2D eigenvalue weighted by Gasteiger charge is 2.24. The van der Waals surface area contributed by atoms with E-state index in [1.165, 1.54) is 12.1 Å². The maximum atomic E-state index is 12.8. The van der Waals surface area contributed by atoms with E-state index in [1.54, 1.807) is 15.4 Å². The van der Waals surface area contributed by atoms with Gasteiger partial charge in [-0.2, -0.15) is 0 Å². The SMILES string of the molecule is CN1CCC[C@@H]1c1cc2cnc(NC(=O)c3ccc4c(c3)n(C)n[n+]4C)cc2[nH]1. The zero-order chi connectivity index (χ0) is 20.1. The van der Waals surface area contributed by atoms with Crippen molar-refractivity contribution in [3.8, 4) is 0 Å². The fourth-order valence-corrected chi connectivity index (χ4v) is 4.28. The van der Waals surface area contributed by atoms with Crippen LogP contribution in [0.3, 0.4) is 0 Å². The van der Waals surface area contributed by atoms with Crippen molar-refractivity contribution in [2.45, 2.75) is 18.9 Å². The van der Waals surface area contributed by atoms with E-state index in [-0.39, 0.29) is 5.91 Å². The number of nitrogens with zero attached hydrogens (tertiary/aromatic N) is 5. The highest BCUT2D eigenvalue weighted by atomic mass is 16.1. The van der Waals surface area contributed by atoms with Crippen LogP contribution >= 0.6 is 0 Å². The summed E-state index contributed by atoms with van der Waals surface area (Å²) in [4.78, 5) is 23.1. The first-order valence-electron chi connectivity index (χ1n) is 9.83. The van der Waals surface area contributed by atoms with Gasteiger partial charge >= 0.3 is 0 Å². The smallest absolute Gasteiger partial charge is 0.256 e. The lowest BCUT2D eigenvalue weighted by Crippen LogP contribution is -2.31. The van der Waals surface area contributed by atoms with Crippen LogP contribution in [0.15, 0.2) is 36.5 Å². The second-order valence-corrected chi connectivity index (χ2v) is 7.81. The van der Waals surface area contributed by atoms with Crippen molar-refractivity contribution in [1.29, 1.82) is 0 Å². The van der Waals surface area contributed by atoms with Crippen molar-refractivity contribution in [1.82, 2.24) is 24.8 Å². The number of anilines is 1. The number of likely N-dealkylation sites (tertiary alicyclic amines) is 1. The lowest BCUT2D eigenvalue weighted by atomic mass is 10.1. The standard InChI is InChI=1S/C21H23N7O/c1-26-8-4-5-17(26)16-9-14-12-22-20(11-15(14)23-16)24-21(29)13-6-7-18-19(10-13)28(3)25-27(18)2/h6-7,9-12,17,25H,4-5,8H2,1-3H3/p+1/t17-/m1/s1. The first-order chi connectivity index (χ1) is 14.0.